The summed E-state index contributed by atoms with van der Waals surface area (Å²) in [5, 5.41) is 2.81. The van der Waals surface area contributed by atoms with Gasteiger partial charge < -0.3 is 15.0 Å². The number of hydrogen-bond donors (Lipinski definition) is 1. The predicted molar refractivity (Wildman–Crippen MR) is 125 cm³/mol. The quantitative estimate of drug-likeness (QED) is 0.716. The maximum absolute atomic E-state index is 13.1. The summed E-state index contributed by atoms with van der Waals surface area (Å²) in [4.78, 5) is 27.6. The predicted octanol–water partition coefficient (Wildman–Crippen LogP) is 3.03. The van der Waals surface area contributed by atoms with E-state index in [-0.39, 0.29) is 18.9 Å². The average molecular weight is 460 g/mol. The molecule has 0 aromatic heterocycles. The molecular weight excluding hydrogens is 430 g/mol. The Balaban J connectivity index is 1.87. The first-order chi connectivity index (χ1) is 15.2. The van der Waals surface area contributed by atoms with E-state index < -0.39 is 22.0 Å². The van der Waals surface area contributed by atoms with Gasteiger partial charge in [-0.3, -0.25) is 13.9 Å². The number of aryl methyl sites for hydroxylation is 1. The number of rotatable bonds is 6. The van der Waals surface area contributed by atoms with E-state index in [2.05, 4.69) is 5.32 Å². The van der Waals surface area contributed by atoms with Gasteiger partial charge in [-0.15, -0.1) is 0 Å². The molecule has 1 heterocycles. The Bertz CT molecular complexity index is 1110. The first-order valence-electron chi connectivity index (χ1n) is 10.6. The number of ether oxygens (including phenoxy) is 1. The minimum absolute atomic E-state index is 0.105. The molecular formula is C23H29N3O5S. The number of para-hydroxylation sites is 1. The van der Waals surface area contributed by atoms with Crippen molar-refractivity contribution in [2.75, 3.05) is 35.5 Å². The Kier molecular flexibility index (Phi) is 7.08. The Morgan fingerprint density at radius 3 is 2.50 bits per heavy atom. The minimum atomic E-state index is -3.55. The van der Waals surface area contributed by atoms with Gasteiger partial charge in [0.15, 0.2) is 6.10 Å². The first kappa shape index (κ1) is 23.6. The summed E-state index contributed by atoms with van der Waals surface area (Å²) in [5.41, 5.74) is 2.09. The van der Waals surface area contributed by atoms with Crippen LogP contribution in [0.4, 0.5) is 11.4 Å². The van der Waals surface area contributed by atoms with Crippen LogP contribution in [0.1, 0.15) is 36.2 Å². The van der Waals surface area contributed by atoms with Crippen molar-refractivity contribution in [3.63, 3.8) is 0 Å². The highest BCUT2D eigenvalue weighted by Crippen LogP contribution is 2.35. The van der Waals surface area contributed by atoms with Crippen LogP contribution in [0.15, 0.2) is 42.5 Å². The van der Waals surface area contributed by atoms with Crippen LogP contribution in [0.2, 0.25) is 0 Å². The van der Waals surface area contributed by atoms with Gasteiger partial charge in [0.1, 0.15) is 5.75 Å². The largest absolute Gasteiger partial charge is 0.478 e. The fourth-order valence-electron chi connectivity index (χ4n) is 3.69. The second-order valence-electron chi connectivity index (χ2n) is 7.71. The fraction of sp³-hybridized carbons (Fsp3) is 0.391. The molecule has 0 radical (unpaired) electrons. The summed E-state index contributed by atoms with van der Waals surface area (Å²) in [7, 11) is -3.55. The van der Waals surface area contributed by atoms with E-state index in [0.29, 0.717) is 35.8 Å². The average Bonchev–Trinajstić information content (AvgIpc) is 2.94. The Labute approximate surface area is 189 Å². The number of hydrogen-bond acceptors (Lipinski definition) is 5. The highest BCUT2D eigenvalue weighted by atomic mass is 32.2. The van der Waals surface area contributed by atoms with Crippen LogP contribution in [0.25, 0.3) is 0 Å². The highest BCUT2D eigenvalue weighted by molar-refractivity contribution is 7.92. The third-order valence-electron chi connectivity index (χ3n) is 5.41. The maximum Gasteiger partial charge on any atom is 0.265 e. The monoisotopic (exact) mass is 459 g/mol. The molecule has 8 nitrogen and oxygen atoms in total. The molecule has 9 heteroatoms. The second-order valence-corrected chi connectivity index (χ2v) is 9.62. The standard InChI is InChI=1S/C23H29N3O5S/c1-5-25(6-2)23(28)17-9-7-8-10-18(17)24-22(27)21-13-14-26(32(4,29)30)19-15-16(3)11-12-20(19)31-21/h7-12,15,21H,5-6,13-14H2,1-4H3,(H,24,27). The van der Waals surface area contributed by atoms with Gasteiger partial charge in [-0.1, -0.05) is 18.2 Å². The molecule has 3 rings (SSSR count). The van der Waals surface area contributed by atoms with E-state index in [1.54, 1.807) is 47.4 Å². The fourth-order valence-corrected chi connectivity index (χ4v) is 4.63. The SMILES string of the molecule is CCN(CC)C(=O)c1ccccc1NC(=O)C1CCN(S(C)(=O)=O)c2cc(C)ccc2O1. The molecule has 2 aromatic rings. The zero-order chi connectivity index (χ0) is 23.5. The van der Waals surface area contributed by atoms with Crippen molar-refractivity contribution in [2.45, 2.75) is 33.3 Å². The van der Waals surface area contributed by atoms with Gasteiger partial charge >= 0.3 is 0 Å². The molecule has 1 unspecified atom stereocenters. The van der Waals surface area contributed by atoms with Crippen LogP contribution in [-0.4, -0.2) is 57.1 Å². The van der Waals surface area contributed by atoms with Crippen LogP contribution < -0.4 is 14.4 Å². The zero-order valence-electron chi connectivity index (χ0n) is 18.8. The van der Waals surface area contributed by atoms with E-state index in [1.165, 1.54) is 4.31 Å². The minimum Gasteiger partial charge on any atom is -0.478 e. The maximum atomic E-state index is 13.1. The van der Waals surface area contributed by atoms with Crippen molar-refractivity contribution in [1.29, 1.82) is 0 Å². The van der Waals surface area contributed by atoms with Gasteiger partial charge in [0.2, 0.25) is 10.0 Å². The Morgan fingerprint density at radius 2 is 1.84 bits per heavy atom. The molecule has 0 aliphatic carbocycles. The zero-order valence-corrected chi connectivity index (χ0v) is 19.6. The van der Waals surface area contributed by atoms with Crippen molar-refractivity contribution >= 4 is 33.2 Å². The Morgan fingerprint density at radius 1 is 1.16 bits per heavy atom. The number of carbonyl (C=O) groups excluding carboxylic acids is 2. The number of sulfonamides is 1. The molecule has 2 aromatic carbocycles. The van der Waals surface area contributed by atoms with Crippen LogP contribution >= 0.6 is 0 Å². The summed E-state index contributed by atoms with van der Waals surface area (Å²) in [6.45, 7) is 6.87. The highest BCUT2D eigenvalue weighted by Gasteiger charge is 2.32. The lowest BCUT2D eigenvalue weighted by Crippen LogP contribution is -2.36. The second kappa shape index (κ2) is 9.60. The van der Waals surface area contributed by atoms with E-state index in [4.69, 9.17) is 4.74 Å². The van der Waals surface area contributed by atoms with Crippen molar-refractivity contribution in [1.82, 2.24) is 4.90 Å². The number of benzene rings is 2. The lowest BCUT2D eigenvalue weighted by atomic mass is 10.1. The molecule has 0 saturated heterocycles. The molecule has 32 heavy (non-hydrogen) atoms. The number of amides is 2. The van der Waals surface area contributed by atoms with Gasteiger partial charge in [-0.05, 0) is 50.6 Å². The molecule has 0 spiro atoms. The van der Waals surface area contributed by atoms with E-state index in [0.717, 1.165) is 11.8 Å². The van der Waals surface area contributed by atoms with Crippen molar-refractivity contribution in [3.05, 3.63) is 53.6 Å². The molecule has 2 amide bonds. The summed E-state index contributed by atoms with van der Waals surface area (Å²) >= 11 is 0. The van der Waals surface area contributed by atoms with Crippen molar-refractivity contribution in [3.8, 4) is 5.75 Å². The summed E-state index contributed by atoms with van der Waals surface area (Å²) in [6.07, 6.45) is 0.382. The molecule has 0 saturated carbocycles. The third-order valence-corrected chi connectivity index (χ3v) is 6.59. The number of anilines is 2. The van der Waals surface area contributed by atoms with Gasteiger partial charge in [0.25, 0.3) is 11.8 Å². The summed E-state index contributed by atoms with van der Waals surface area (Å²) < 4.78 is 31.9. The summed E-state index contributed by atoms with van der Waals surface area (Å²) in [5.74, 6) is -0.283. The molecule has 0 fully saturated rings. The van der Waals surface area contributed by atoms with Crippen LogP contribution in [0.5, 0.6) is 5.75 Å². The topological polar surface area (TPSA) is 96.0 Å². The van der Waals surface area contributed by atoms with Gasteiger partial charge in [-0.2, -0.15) is 0 Å². The van der Waals surface area contributed by atoms with Crippen LogP contribution in [0, 0.1) is 6.92 Å². The van der Waals surface area contributed by atoms with Crippen LogP contribution in [-0.2, 0) is 14.8 Å². The van der Waals surface area contributed by atoms with Gasteiger partial charge in [0, 0.05) is 26.1 Å². The van der Waals surface area contributed by atoms with E-state index >= 15 is 0 Å². The first-order valence-corrected chi connectivity index (χ1v) is 12.4. The number of nitrogens with one attached hydrogen (secondary N) is 1. The normalized spacial score (nSPS) is 15.9. The number of carbonyl (C=O) groups is 2. The lowest BCUT2D eigenvalue weighted by molar-refractivity contribution is -0.122. The van der Waals surface area contributed by atoms with Crippen molar-refractivity contribution < 1.29 is 22.7 Å². The summed E-state index contributed by atoms with van der Waals surface area (Å²) in [6, 6.07) is 12.0. The Hall–Kier alpha value is -3.07. The molecule has 1 N–H and O–H groups in total. The van der Waals surface area contributed by atoms with E-state index in [1.807, 2.05) is 20.8 Å². The molecule has 1 aliphatic rings. The number of nitrogens with zero attached hydrogens (tertiary/aromatic N) is 2. The van der Waals surface area contributed by atoms with Gasteiger partial charge in [-0.25, -0.2) is 8.42 Å². The van der Waals surface area contributed by atoms with Gasteiger partial charge in [0.05, 0.1) is 23.2 Å². The number of fused-ring (bicyclic) bond motifs is 1. The lowest BCUT2D eigenvalue weighted by Gasteiger charge is -2.21. The molecule has 1 aliphatic heterocycles. The van der Waals surface area contributed by atoms with Crippen LogP contribution in [0.3, 0.4) is 0 Å². The third kappa shape index (κ3) is 5.04. The smallest absolute Gasteiger partial charge is 0.265 e. The molecule has 172 valence electrons. The molecule has 0 bridgehead atoms. The van der Waals surface area contributed by atoms with Crippen molar-refractivity contribution in [2.24, 2.45) is 0 Å². The molecule has 1 atom stereocenters. The van der Waals surface area contributed by atoms with E-state index in [9.17, 15) is 18.0 Å².